The van der Waals surface area contributed by atoms with Crippen LogP contribution >= 0.6 is 11.8 Å². The van der Waals surface area contributed by atoms with Crippen LogP contribution in [0.2, 0.25) is 0 Å². The summed E-state index contributed by atoms with van der Waals surface area (Å²) in [5.41, 5.74) is 4.05. The molecular formula is C26H23N5O3S. The topological polar surface area (TPSA) is 90.6 Å². The van der Waals surface area contributed by atoms with Gasteiger partial charge in [-0.15, -0.1) is 10.2 Å². The van der Waals surface area contributed by atoms with Crippen molar-refractivity contribution in [1.82, 2.24) is 19.6 Å². The molecule has 0 aliphatic rings. The van der Waals surface area contributed by atoms with Crippen molar-refractivity contribution in [2.45, 2.75) is 12.1 Å². The standard InChI is InChI=1S/C26H23N5O3S/c1-16-8-13-22(34-3)21(14-16)27-23(32)15-35-26-30-29-25-19-6-4-5-7-20(19)28-24(31(25)26)17-9-11-18(33-2)12-10-17/h4-14H,15H2,1-3H3,(H,27,32). The molecule has 2 heterocycles. The Morgan fingerprint density at radius 2 is 1.80 bits per heavy atom. The van der Waals surface area contributed by atoms with Crippen LogP contribution in [0.4, 0.5) is 5.69 Å². The number of carbonyl (C=O) groups is 1. The molecular weight excluding hydrogens is 462 g/mol. The normalized spacial score (nSPS) is 11.1. The molecule has 0 radical (unpaired) electrons. The van der Waals surface area contributed by atoms with E-state index in [1.807, 2.05) is 78.1 Å². The van der Waals surface area contributed by atoms with E-state index in [1.54, 1.807) is 14.2 Å². The highest BCUT2D eigenvalue weighted by Crippen LogP contribution is 2.30. The summed E-state index contributed by atoms with van der Waals surface area (Å²) in [5.74, 6) is 2.03. The Morgan fingerprint density at radius 1 is 1.00 bits per heavy atom. The third-order valence-corrected chi connectivity index (χ3v) is 6.46. The molecule has 3 aromatic carbocycles. The molecule has 0 bridgehead atoms. The van der Waals surface area contributed by atoms with Crippen LogP contribution in [0.1, 0.15) is 5.56 Å². The molecule has 5 aromatic rings. The number of nitrogens with zero attached hydrogens (tertiary/aromatic N) is 4. The zero-order valence-electron chi connectivity index (χ0n) is 19.5. The number of ether oxygens (including phenoxy) is 2. The van der Waals surface area contributed by atoms with Gasteiger partial charge in [-0.05, 0) is 61.0 Å². The molecule has 8 nitrogen and oxygen atoms in total. The second kappa shape index (κ2) is 9.63. The Kier molecular flexibility index (Phi) is 6.24. The Labute approximate surface area is 206 Å². The summed E-state index contributed by atoms with van der Waals surface area (Å²) in [5, 5.41) is 13.2. The number of amides is 1. The average Bonchev–Trinajstić information content (AvgIpc) is 3.32. The van der Waals surface area contributed by atoms with Gasteiger partial charge in [0.2, 0.25) is 5.91 Å². The maximum atomic E-state index is 12.8. The summed E-state index contributed by atoms with van der Waals surface area (Å²) in [6.07, 6.45) is 0. The molecule has 0 aliphatic heterocycles. The highest BCUT2D eigenvalue weighted by molar-refractivity contribution is 7.99. The predicted octanol–water partition coefficient (Wildman–Crippen LogP) is 5.00. The van der Waals surface area contributed by atoms with E-state index in [0.29, 0.717) is 28.1 Å². The van der Waals surface area contributed by atoms with Gasteiger partial charge in [0.25, 0.3) is 0 Å². The van der Waals surface area contributed by atoms with Crippen LogP contribution in [0.3, 0.4) is 0 Å². The first-order valence-corrected chi connectivity index (χ1v) is 11.9. The lowest BCUT2D eigenvalue weighted by molar-refractivity contribution is -0.113. The van der Waals surface area contributed by atoms with Crippen LogP contribution < -0.4 is 14.8 Å². The van der Waals surface area contributed by atoms with Crippen LogP contribution in [0.25, 0.3) is 27.9 Å². The number of anilines is 1. The van der Waals surface area contributed by atoms with Crippen molar-refractivity contribution >= 4 is 39.9 Å². The van der Waals surface area contributed by atoms with E-state index in [1.165, 1.54) is 11.8 Å². The van der Waals surface area contributed by atoms with Crippen molar-refractivity contribution in [3.8, 4) is 22.9 Å². The van der Waals surface area contributed by atoms with Crippen LogP contribution in [0, 0.1) is 6.92 Å². The van der Waals surface area contributed by atoms with Gasteiger partial charge in [0, 0.05) is 10.9 Å². The van der Waals surface area contributed by atoms with Crippen molar-refractivity contribution in [3.63, 3.8) is 0 Å². The largest absolute Gasteiger partial charge is 0.497 e. The molecule has 1 N–H and O–H groups in total. The van der Waals surface area contributed by atoms with E-state index in [0.717, 1.165) is 27.8 Å². The monoisotopic (exact) mass is 485 g/mol. The summed E-state index contributed by atoms with van der Waals surface area (Å²) >= 11 is 1.30. The molecule has 0 spiro atoms. The number of carbonyl (C=O) groups excluding carboxylic acids is 1. The van der Waals surface area contributed by atoms with E-state index >= 15 is 0 Å². The van der Waals surface area contributed by atoms with E-state index in [2.05, 4.69) is 15.5 Å². The lowest BCUT2D eigenvalue weighted by atomic mass is 10.1. The van der Waals surface area contributed by atoms with Gasteiger partial charge < -0.3 is 14.8 Å². The fourth-order valence-corrected chi connectivity index (χ4v) is 4.56. The number of hydrogen-bond donors (Lipinski definition) is 1. The van der Waals surface area contributed by atoms with Crippen LogP contribution in [0.15, 0.2) is 71.9 Å². The average molecular weight is 486 g/mol. The van der Waals surface area contributed by atoms with Gasteiger partial charge in [-0.3, -0.25) is 9.20 Å². The number of aromatic nitrogens is 4. The van der Waals surface area contributed by atoms with E-state index in [4.69, 9.17) is 14.5 Å². The predicted molar refractivity (Wildman–Crippen MR) is 137 cm³/mol. The first-order valence-electron chi connectivity index (χ1n) is 10.9. The SMILES string of the molecule is COc1ccc(-c2nc3ccccc3c3nnc(SCC(=O)Nc4cc(C)ccc4OC)n23)cc1. The Bertz CT molecular complexity index is 1530. The van der Waals surface area contributed by atoms with Crippen molar-refractivity contribution in [2.75, 3.05) is 25.3 Å². The molecule has 0 unspecified atom stereocenters. The second-order valence-electron chi connectivity index (χ2n) is 7.86. The molecule has 1 amide bonds. The van der Waals surface area contributed by atoms with Crippen molar-refractivity contribution < 1.29 is 14.3 Å². The Morgan fingerprint density at radius 3 is 2.57 bits per heavy atom. The van der Waals surface area contributed by atoms with Gasteiger partial charge in [0.15, 0.2) is 10.8 Å². The fourth-order valence-electron chi connectivity index (χ4n) is 3.82. The quantitative estimate of drug-likeness (QED) is 0.324. The molecule has 2 aromatic heterocycles. The van der Waals surface area contributed by atoms with E-state index in [9.17, 15) is 4.79 Å². The maximum absolute atomic E-state index is 12.8. The lowest BCUT2D eigenvalue weighted by Crippen LogP contribution is -2.15. The highest BCUT2D eigenvalue weighted by atomic mass is 32.2. The third-order valence-electron chi connectivity index (χ3n) is 5.53. The first kappa shape index (κ1) is 22.7. The number of benzene rings is 3. The minimum atomic E-state index is -0.171. The summed E-state index contributed by atoms with van der Waals surface area (Å²) in [6.45, 7) is 1.96. The van der Waals surface area contributed by atoms with Gasteiger partial charge >= 0.3 is 0 Å². The number of thioether (sulfide) groups is 1. The van der Waals surface area contributed by atoms with Crippen LogP contribution in [0.5, 0.6) is 11.5 Å². The molecule has 176 valence electrons. The van der Waals surface area contributed by atoms with E-state index < -0.39 is 0 Å². The molecule has 0 fully saturated rings. The number of methoxy groups -OCH3 is 2. The fraction of sp³-hybridized carbons (Fsp3) is 0.154. The molecule has 9 heteroatoms. The summed E-state index contributed by atoms with van der Waals surface area (Å²) in [4.78, 5) is 17.7. The van der Waals surface area contributed by atoms with Crippen molar-refractivity contribution in [1.29, 1.82) is 0 Å². The zero-order chi connectivity index (χ0) is 24.4. The number of nitrogens with one attached hydrogen (secondary N) is 1. The van der Waals surface area contributed by atoms with Crippen molar-refractivity contribution in [2.24, 2.45) is 0 Å². The molecule has 5 rings (SSSR count). The number of aryl methyl sites for hydroxylation is 1. The summed E-state index contributed by atoms with van der Waals surface area (Å²) < 4.78 is 12.6. The lowest BCUT2D eigenvalue weighted by Gasteiger charge is -2.11. The van der Waals surface area contributed by atoms with Crippen LogP contribution in [-0.4, -0.2) is 45.5 Å². The first-order chi connectivity index (χ1) is 17.1. The third kappa shape index (κ3) is 4.50. The summed E-state index contributed by atoms with van der Waals surface area (Å²) in [6, 6.07) is 21.1. The minimum Gasteiger partial charge on any atom is -0.497 e. The van der Waals surface area contributed by atoms with Crippen molar-refractivity contribution in [3.05, 3.63) is 72.3 Å². The Balaban J connectivity index is 1.49. The number of rotatable bonds is 7. The van der Waals surface area contributed by atoms with Gasteiger partial charge in [0.1, 0.15) is 17.3 Å². The van der Waals surface area contributed by atoms with Gasteiger partial charge in [0.05, 0.1) is 31.2 Å². The Hall–Kier alpha value is -4.11. The smallest absolute Gasteiger partial charge is 0.234 e. The highest BCUT2D eigenvalue weighted by Gasteiger charge is 2.18. The number of hydrogen-bond acceptors (Lipinski definition) is 7. The molecule has 0 atom stereocenters. The molecule has 35 heavy (non-hydrogen) atoms. The molecule has 0 saturated heterocycles. The minimum absolute atomic E-state index is 0.146. The number of fused-ring (bicyclic) bond motifs is 3. The summed E-state index contributed by atoms with van der Waals surface area (Å²) in [7, 11) is 3.21. The zero-order valence-corrected chi connectivity index (χ0v) is 20.3. The van der Waals surface area contributed by atoms with Gasteiger partial charge in [-0.1, -0.05) is 30.0 Å². The molecule has 0 aliphatic carbocycles. The van der Waals surface area contributed by atoms with Gasteiger partial charge in [-0.25, -0.2) is 4.98 Å². The molecule has 0 saturated carbocycles. The second-order valence-corrected chi connectivity index (χ2v) is 8.81. The van der Waals surface area contributed by atoms with E-state index in [-0.39, 0.29) is 11.7 Å². The maximum Gasteiger partial charge on any atom is 0.234 e. The van der Waals surface area contributed by atoms with Gasteiger partial charge in [-0.2, -0.15) is 0 Å². The number of para-hydroxylation sites is 1. The van der Waals surface area contributed by atoms with Crippen LogP contribution in [-0.2, 0) is 4.79 Å².